The maximum Gasteiger partial charge on any atom is 0.193 e. The number of unbranched alkanes of at least 4 members (excludes halogenated alkanes) is 1. The van der Waals surface area contributed by atoms with Crippen molar-refractivity contribution in [3.05, 3.63) is 59.7 Å². The van der Waals surface area contributed by atoms with Gasteiger partial charge in [-0.3, -0.25) is 4.79 Å². The molecule has 0 N–H and O–H groups in total. The van der Waals surface area contributed by atoms with E-state index in [0.29, 0.717) is 30.8 Å². The van der Waals surface area contributed by atoms with Crippen molar-refractivity contribution >= 4 is 5.78 Å². The van der Waals surface area contributed by atoms with Gasteiger partial charge in [-0.15, -0.1) is 12.3 Å². The summed E-state index contributed by atoms with van der Waals surface area (Å²) in [6.45, 7) is 7.74. The predicted octanol–water partition coefficient (Wildman–Crippen LogP) is 5.52. The summed E-state index contributed by atoms with van der Waals surface area (Å²) in [5.74, 6) is 4.01. The van der Waals surface area contributed by atoms with Gasteiger partial charge in [0.05, 0.1) is 13.2 Å². The molecular formula is C24H28O3. The Bertz CT molecular complexity index is 777. The number of carbonyl (C=O) groups excluding carboxylic acids is 1. The lowest BCUT2D eigenvalue weighted by molar-refractivity contribution is 0.103. The number of terminal acetylenes is 1. The van der Waals surface area contributed by atoms with E-state index in [1.807, 2.05) is 30.3 Å². The minimum absolute atomic E-state index is 0.0323. The van der Waals surface area contributed by atoms with Crippen molar-refractivity contribution in [3.8, 4) is 23.8 Å². The molecule has 142 valence electrons. The van der Waals surface area contributed by atoms with E-state index in [1.165, 1.54) is 0 Å². The third kappa shape index (κ3) is 7.19. The Balaban J connectivity index is 1.96. The maximum absolute atomic E-state index is 12.7. The van der Waals surface area contributed by atoms with Crippen molar-refractivity contribution in [2.24, 2.45) is 5.41 Å². The number of carbonyl (C=O) groups is 1. The molecule has 0 heterocycles. The highest BCUT2D eigenvalue weighted by atomic mass is 16.5. The van der Waals surface area contributed by atoms with Crippen LogP contribution in [0.15, 0.2) is 48.5 Å². The molecule has 2 aromatic rings. The molecule has 2 aromatic carbocycles. The topological polar surface area (TPSA) is 35.5 Å². The lowest BCUT2D eigenvalue weighted by atomic mass is 9.93. The van der Waals surface area contributed by atoms with E-state index < -0.39 is 0 Å². The number of benzene rings is 2. The van der Waals surface area contributed by atoms with Gasteiger partial charge in [0.2, 0.25) is 0 Å². The van der Waals surface area contributed by atoms with E-state index in [0.717, 1.165) is 24.3 Å². The standard InChI is InChI=1S/C24H28O3/c1-5-6-7-16-26-21-13-11-19(12-14-21)23(25)20-9-8-10-22(18-20)27-17-15-24(2,3)4/h1,8-14,18H,6-7,15-17H2,2-4H3. The molecule has 3 nitrogen and oxygen atoms in total. The predicted molar refractivity (Wildman–Crippen MR) is 109 cm³/mol. The third-order valence-electron chi connectivity index (χ3n) is 4.07. The lowest BCUT2D eigenvalue weighted by Crippen LogP contribution is -2.11. The number of rotatable bonds is 9. The number of ketones is 1. The van der Waals surface area contributed by atoms with Crippen LogP contribution >= 0.6 is 0 Å². The van der Waals surface area contributed by atoms with Crippen LogP contribution in [0.25, 0.3) is 0 Å². The highest BCUT2D eigenvalue weighted by molar-refractivity contribution is 6.09. The van der Waals surface area contributed by atoms with Crippen LogP contribution in [0, 0.1) is 17.8 Å². The zero-order chi connectivity index (χ0) is 19.7. The van der Waals surface area contributed by atoms with Crippen molar-refractivity contribution in [2.75, 3.05) is 13.2 Å². The third-order valence-corrected chi connectivity index (χ3v) is 4.07. The summed E-state index contributed by atoms with van der Waals surface area (Å²) in [6, 6.07) is 14.5. The molecule has 0 aliphatic rings. The van der Waals surface area contributed by atoms with Gasteiger partial charge in [-0.2, -0.15) is 0 Å². The van der Waals surface area contributed by atoms with E-state index in [4.69, 9.17) is 15.9 Å². The summed E-state index contributed by atoms with van der Waals surface area (Å²) in [6.07, 6.45) is 7.69. The average molecular weight is 364 g/mol. The molecule has 0 saturated heterocycles. The van der Waals surface area contributed by atoms with Crippen LogP contribution in [0.1, 0.15) is 56.0 Å². The van der Waals surface area contributed by atoms with Gasteiger partial charge in [0.1, 0.15) is 11.5 Å². The van der Waals surface area contributed by atoms with Gasteiger partial charge >= 0.3 is 0 Å². The molecule has 0 amide bonds. The first-order chi connectivity index (χ1) is 12.9. The van der Waals surface area contributed by atoms with Crippen molar-refractivity contribution < 1.29 is 14.3 Å². The average Bonchev–Trinajstić information content (AvgIpc) is 2.64. The van der Waals surface area contributed by atoms with Gasteiger partial charge in [0.15, 0.2) is 5.78 Å². The lowest BCUT2D eigenvalue weighted by Gasteiger charge is -2.18. The maximum atomic E-state index is 12.7. The molecule has 27 heavy (non-hydrogen) atoms. The molecule has 0 spiro atoms. The van der Waals surface area contributed by atoms with Crippen molar-refractivity contribution in [3.63, 3.8) is 0 Å². The van der Waals surface area contributed by atoms with Crippen molar-refractivity contribution in [1.29, 1.82) is 0 Å². The van der Waals surface area contributed by atoms with Gasteiger partial charge in [0.25, 0.3) is 0 Å². The molecule has 0 unspecified atom stereocenters. The second-order valence-electron chi connectivity index (χ2n) is 7.70. The molecule has 0 aromatic heterocycles. The summed E-state index contributed by atoms with van der Waals surface area (Å²) in [5, 5.41) is 0. The Morgan fingerprint density at radius 2 is 1.67 bits per heavy atom. The Morgan fingerprint density at radius 3 is 2.33 bits per heavy atom. The highest BCUT2D eigenvalue weighted by Gasteiger charge is 2.12. The van der Waals surface area contributed by atoms with Crippen LogP contribution in [0.2, 0.25) is 0 Å². The first-order valence-electron chi connectivity index (χ1n) is 9.33. The summed E-state index contributed by atoms with van der Waals surface area (Å²) in [7, 11) is 0. The molecule has 0 aliphatic carbocycles. The normalized spacial score (nSPS) is 10.9. The summed E-state index contributed by atoms with van der Waals surface area (Å²) in [5.41, 5.74) is 1.46. The first-order valence-corrected chi connectivity index (χ1v) is 9.33. The Hall–Kier alpha value is -2.73. The highest BCUT2D eigenvalue weighted by Crippen LogP contribution is 2.22. The number of hydrogen-bond acceptors (Lipinski definition) is 3. The van der Waals surface area contributed by atoms with E-state index in [1.54, 1.807) is 18.2 Å². The summed E-state index contributed by atoms with van der Waals surface area (Å²) in [4.78, 5) is 12.7. The second-order valence-corrected chi connectivity index (χ2v) is 7.70. The Kier molecular flexibility index (Phi) is 7.49. The summed E-state index contributed by atoms with van der Waals surface area (Å²) < 4.78 is 11.4. The zero-order valence-corrected chi connectivity index (χ0v) is 16.5. The smallest absolute Gasteiger partial charge is 0.193 e. The fraction of sp³-hybridized carbons (Fsp3) is 0.375. The monoisotopic (exact) mass is 364 g/mol. The molecule has 0 saturated carbocycles. The first kappa shape index (κ1) is 20.6. The van der Waals surface area contributed by atoms with Crippen LogP contribution in [0.5, 0.6) is 11.5 Å². The van der Waals surface area contributed by atoms with Gasteiger partial charge < -0.3 is 9.47 Å². The van der Waals surface area contributed by atoms with Crippen LogP contribution in [-0.4, -0.2) is 19.0 Å². The quantitative estimate of drug-likeness (QED) is 0.334. The van der Waals surface area contributed by atoms with E-state index >= 15 is 0 Å². The van der Waals surface area contributed by atoms with Gasteiger partial charge in [-0.05, 0) is 54.7 Å². The van der Waals surface area contributed by atoms with Gasteiger partial charge in [-0.1, -0.05) is 32.9 Å². The minimum atomic E-state index is -0.0323. The molecular weight excluding hydrogens is 336 g/mol. The Labute approximate surface area is 162 Å². The fourth-order valence-electron chi connectivity index (χ4n) is 2.44. The molecule has 0 fully saturated rings. The van der Waals surface area contributed by atoms with Crippen LogP contribution < -0.4 is 9.47 Å². The van der Waals surface area contributed by atoms with Gasteiger partial charge in [-0.25, -0.2) is 0 Å². The van der Waals surface area contributed by atoms with Crippen LogP contribution in [0.4, 0.5) is 0 Å². The molecule has 0 aliphatic heterocycles. The van der Waals surface area contributed by atoms with Crippen molar-refractivity contribution in [1.82, 2.24) is 0 Å². The van der Waals surface area contributed by atoms with Gasteiger partial charge in [0, 0.05) is 17.5 Å². The minimum Gasteiger partial charge on any atom is -0.494 e. The van der Waals surface area contributed by atoms with E-state index in [2.05, 4.69) is 26.7 Å². The molecule has 0 bridgehead atoms. The summed E-state index contributed by atoms with van der Waals surface area (Å²) >= 11 is 0. The zero-order valence-electron chi connectivity index (χ0n) is 16.5. The molecule has 0 radical (unpaired) electrons. The fourth-order valence-corrected chi connectivity index (χ4v) is 2.44. The number of hydrogen-bond donors (Lipinski definition) is 0. The number of ether oxygens (including phenoxy) is 2. The van der Waals surface area contributed by atoms with E-state index in [9.17, 15) is 4.79 Å². The Morgan fingerprint density at radius 1 is 0.963 bits per heavy atom. The second kappa shape index (κ2) is 9.83. The van der Waals surface area contributed by atoms with Crippen molar-refractivity contribution in [2.45, 2.75) is 40.0 Å². The largest absolute Gasteiger partial charge is 0.494 e. The van der Waals surface area contributed by atoms with E-state index in [-0.39, 0.29) is 11.2 Å². The molecule has 2 rings (SSSR count). The van der Waals surface area contributed by atoms with Crippen LogP contribution in [0.3, 0.4) is 0 Å². The van der Waals surface area contributed by atoms with Crippen LogP contribution in [-0.2, 0) is 0 Å². The SMILES string of the molecule is C#CCCCOc1ccc(C(=O)c2cccc(OCCC(C)(C)C)c2)cc1. The molecule has 3 heteroatoms. The molecule has 0 atom stereocenters.